The number of rotatable bonds is 5. The zero-order valence-corrected chi connectivity index (χ0v) is 12.7. The van der Waals surface area contributed by atoms with Crippen molar-refractivity contribution in [2.75, 3.05) is 19.6 Å². The Hall–Kier alpha value is -1.84. The maximum atomic E-state index is 12.1. The fourth-order valence-electron chi connectivity index (χ4n) is 2.73. The van der Waals surface area contributed by atoms with Crippen LogP contribution < -0.4 is 5.32 Å². The molecule has 0 unspecified atom stereocenters. The van der Waals surface area contributed by atoms with Crippen LogP contribution in [0.15, 0.2) is 30.3 Å². The second kappa shape index (κ2) is 7.81. The molecular weight excluding hydrogens is 264 g/mol. The summed E-state index contributed by atoms with van der Waals surface area (Å²) in [6.45, 7) is 3.98. The Morgan fingerprint density at radius 3 is 2.48 bits per heavy atom. The van der Waals surface area contributed by atoms with Crippen molar-refractivity contribution >= 4 is 11.8 Å². The smallest absolute Gasteiger partial charge is 0.223 e. The highest BCUT2D eigenvalue weighted by atomic mass is 16.2. The van der Waals surface area contributed by atoms with Gasteiger partial charge in [-0.3, -0.25) is 9.59 Å². The standard InChI is InChI=1S/C17H24N2O2/c1-2-16(20)19-12-9-15(10-13-19)17(21)18-11-8-14-6-4-3-5-7-14/h3-7,15H,2,8-13H2,1H3,(H,18,21). The minimum atomic E-state index is 0.0571. The number of nitrogens with zero attached hydrogens (tertiary/aromatic N) is 1. The van der Waals surface area contributed by atoms with Crippen LogP contribution in [0.5, 0.6) is 0 Å². The number of hydrogen-bond donors (Lipinski definition) is 1. The number of carbonyl (C=O) groups is 2. The van der Waals surface area contributed by atoms with Crippen molar-refractivity contribution in [2.45, 2.75) is 32.6 Å². The van der Waals surface area contributed by atoms with Crippen molar-refractivity contribution in [1.82, 2.24) is 10.2 Å². The van der Waals surface area contributed by atoms with E-state index in [0.29, 0.717) is 26.1 Å². The van der Waals surface area contributed by atoms with Crippen molar-refractivity contribution in [3.8, 4) is 0 Å². The molecule has 2 amide bonds. The van der Waals surface area contributed by atoms with Gasteiger partial charge in [0.2, 0.25) is 11.8 Å². The third-order valence-electron chi connectivity index (χ3n) is 4.08. The van der Waals surface area contributed by atoms with Gasteiger partial charge in [-0.15, -0.1) is 0 Å². The first-order valence-electron chi connectivity index (χ1n) is 7.80. The number of amides is 2. The normalized spacial score (nSPS) is 15.8. The summed E-state index contributed by atoms with van der Waals surface area (Å²) in [6, 6.07) is 10.2. The fourth-order valence-corrected chi connectivity index (χ4v) is 2.73. The van der Waals surface area contributed by atoms with E-state index >= 15 is 0 Å². The van der Waals surface area contributed by atoms with Crippen LogP contribution in [-0.4, -0.2) is 36.3 Å². The number of nitrogens with one attached hydrogen (secondary N) is 1. The average Bonchev–Trinajstić information content (AvgIpc) is 2.55. The molecule has 1 heterocycles. The zero-order chi connectivity index (χ0) is 15.1. The molecule has 0 radical (unpaired) electrons. The Labute approximate surface area is 126 Å². The van der Waals surface area contributed by atoms with E-state index in [1.807, 2.05) is 30.0 Å². The largest absolute Gasteiger partial charge is 0.356 e. The number of carbonyl (C=O) groups excluding carboxylic acids is 2. The molecule has 21 heavy (non-hydrogen) atoms. The van der Waals surface area contributed by atoms with Crippen molar-refractivity contribution in [3.05, 3.63) is 35.9 Å². The lowest BCUT2D eigenvalue weighted by molar-refractivity contribution is -0.135. The van der Waals surface area contributed by atoms with Crippen LogP contribution in [0.25, 0.3) is 0 Å². The van der Waals surface area contributed by atoms with Crippen LogP contribution >= 0.6 is 0 Å². The molecule has 0 bridgehead atoms. The maximum Gasteiger partial charge on any atom is 0.223 e. The average molecular weight is 288 g/mol. The second-order valence-corrected chi connectivity index (χ2v) is 5.54. The van der Waals surface area contributed by atoms with Crippen molar-refractivity contribution < 1.29 is 9.59 Å². The highest BCUT2D eigenvalue weighted by Gasteiger charge is 2.26. The van der Waals surface area contributed by atoms with Gasteiger partial charge in [0.15, 0.2) is 0 Å². The topological polar surface area (TPSA) is 49.4 Å². The molecule has 0 aliphatic carbocycles. The SMILES string of the molecule is CCC(=O)N1CCC(C(=O)NCCc2ccccc2)CC1. The van der Waals surface area contributed by atoms with Gasteiger partial charge < -0.3 is 10.2 Å². The van der Waals surface area contributed by atoms with Crippen LogP contribution in [0.2, 0.25) is 0 Å². The molecule has 4 nitrogen and oxygen atoms in total. The summed E-state index contributed by atoms with van der Waals surface area (Å²) >= 11 is 0. The van der Waals surface area contributed by atoms with E-state index in [1.54, 1.807) is 0 Å². The van der Waals surface area contributed by atoms with Gasteiger partial charge in [0.1, 0.15) is 0 Å². The first-order chi connectivity index (χ1) is 10.2. The first-order valence-corrected chi connectivity index (χ1v) is 7.80. The van der Waals surface area contributed by atoms with Gasteiger partial charge in [-0.2, -0.15) is 0 Å². The third-order valence-corrected chi connectivity index (χ3v) is 4.08. The quantitative estimate of drug-likeness (QED) is 0.901. The Morgan fingerprint density at radius 1 is 1.19 bits per heavy atom. The maximum absolute atomic E-state index is 12.1. The lowest BCUT2D eigenvalue weighted by Crippen LogP contribution is -2.43. The molecule has 1 aromatic carbocycles. The van der Waals surface area contributed by atoms with E-state index in [-0.39, 0.29) is 17.7 Å². The van der Waals surface area contributed by atoms with E-state index in [0.717, 1.165) is 19.3 Å². The predicted molar refractivity (Wildman–Crippen MR) is 82.8 cm³/mol. The van der Waals surface area contributed by atoms with E-state index in [4.69, 9.17) is 0 Å². The Morgan fingerprint density at radius 2 is 1.86 bits per heavy atom. The van der Waals surface area contributed by atoms with Crippen LogP contribution in [0.1, 0.15) is 31.7 Å². The van der Waals surface area contributed by atoms with Crippen molar-refractivity contribution in [2.24, 2.45) is 5.92 Å². The summed E-state index contributed by atoms with van der Waals surface area (Å²) in [6.07, 6.45) is 2.97. The summed E-state index contributed by atoms with van der Waals surface area (Å²) in [4.78, 5) is 25.6. The Bertz CT molecular complexity index is 465. The molecule has 2 rings (SSSR count). The summed E-state index contributed by atoms with van der Waals surface area (Å²) in [5, 5.41) is 3.02. The van der Waals surface area contributed by atoms with Crippen molar-refractivity contribution in [3.63, 3.8) is 0 Å². The summed E-state index contributed by atoms with van der Waals surface area (Å²) in [7, 11) is 0. The number of hydrogen-bond acceptors (Lipinski definition) is 2. The molecule has 0 atom stereocenters. The highest BCUT2D eigenvalue weighted by molar-refractivity contribution is 5.80. The van der Waals surface area contributed by atoms with Crippen LogP contribution in [-0.2, 0) is 16.0 Å². The number of benzene rings is 1. The van der Waals surface area contributed by atoms with E-state index in [1.165, 1.54) is 5.56 Å². The zero-order valence-electron chi connectivity index (χ0n) is 12.7. The van der Waals surface area contributed by atoms with Crippen LogP contribution in [0, 0.1) is 5.92 Å². The van der Waals surface area contributed by atoms with Gasteiger partial charge in [0, 0.05) is 32.0 Å². The molecule has 0 aromatic heterocycles. The molecular formula is C17H24N2O2. The van der Waals surface area contributed by atoms with E-state index in [2.05, 4.69) is 17.4 Å². The molecule has 0 spiro atoms. The minimum Gasteiger partial charge on any atom is -0.356 e. The van der Waals surface area contributed by atoms with Gasteiger partial charge in [-0.05, 0) is 24.8 Å². The third kappa shape index (κ3) is 4.59. The van der Waals surface area contributed by atoms with E-state index in [9.17, 15) is 9.59 Å². The Balaban J connectivity index is 1.69. The van der Waals surface area contributed by atoms with Gasteiger partial charge in [0.25, 0.3) is 0 Å². The predicted octanol–water partition coefficient (Wildman–Crippen LogP) is 1.99. The summed E-state index contributed by atoms with van der Waals surface area (Å²) in [5.41, 5.74) is 1.24. The highest BCUT2D eigenvalue weighted by Crippen LogP contribution is 2.17. The lowest BCUT2D eigenvalue weighted by atomic mass is 9.95. The molecule has 1 fully saturated rings. The van der Waals surface area contributed by atoms with Gasteiger partial charge in [-0.1, -0.05) is 37.3 Å². The number of likely N-dealkylation sites (tertiary alicyclic amines) is 1. The molecule has 0 saturated carbocycles. The lowest BCUT2D eigenvalue weighted by Gasteiger charge is -2.31. The molecule has 1 aliphatic rings. The van der Waals surface area contributed by atoms with Crippen LogP contribution in [0.3, 0.4) is 0 Å². The Kier molecular flexibility index (Phi) is 5.78. The monoisotopic (exact) mass is 288 g/mol. The fraction of sp³-hybridized carbons (Fsp3) is 0.529. The van der Waals surface area contributed by atoms with E-state index < -0.39 is 0 Å². The molecule has 1 aromatic rings. The molecule has 114 valence electrons. The molecule has 1 saturated heterocycles. The number of piperidine rings is 1. The van der Waals surface area contributed by atoms with Gasteiger partial charge in [-0.25, -0.2) is 0 Å². The first kappa shape index (κ1) is 15.5. The summed E-state index contributed by atoms with van der Waals surface area (Å²) < 4.78 is 0. The second-order valence-electron chi connectivity index (χ2n) is 5.54. The van der Waals surface area contributed by atoms with Gasteiger partial charge >= 0.3 is 0 Å². The molecule has 1 aliphatic heterocycles. The molecule has 1 N–H and O–H groups in total. The van der Waals surface area contributed by atoms with Gasteiger partial charge in [0.05, 0.1) is 0 Å². The summed E-state index contributed by atoms with van der Waals surface area (Å²) in [5.74, 6) is 0.383. The van der Waals surface area contributed by atoms with Crippen molar-refractivity contribution in [1.29, 1.82) is 0 Å². The molecule has 4 heteroatoms. The van der Waals surface area contributed by atoms with Crippen LogP contribution in [0.4, 0.5) is 0 Å². The minimum absolute atomic E-state index is 0.0571.